The highest BCUT2D eigenvalue weighted by Gasteiger charge is 2.14. The summed E-state index contributed by atoms with van der Waals surface area (Å²) in [6.07, 6.45) is 2.49. The molecule has 0 aliphatic carbocycles. The third-order valence-electron chi connectivity index (χ3n) is 3.83. The van der Waals surface area contributed by atoms with Crippen molar-refractivity contribution in [2.45, 2.75) is 32.4 Å². The number of amides is 1. The van der Waals surface area contributed by atoms with Crippen LogP contribution in [0.15, 0.2) is 30.6 Å². The van der Waals surface area contributed by atoms with E-state index in [-0.39, 0.29) is 17.8 Å². The highest BCUT2D eigenvalue weighted by molar-refractivity contribution is 5.76. The van der Waals surface area contributed by atoms with Crippen LogP contribution in [0.4, 0.5) is 4.39 Å². The van der Waals surface area contributed by atoms with Crippen molar-refractivity contribution in [2.75, 3.05) is 0 Å². The average Bonchev–Trinajstić information content (AvgIpc) is 3.24. The highest BCUT2D eigenvalue weighted by atomic mass is 19.1. The van der Waals surface area contributed by atoms with Crippen molar-refractivity contribution in [1.82, 2.24) is 40.3 Å². The van der Waals surface area contributed by atoms with Gasteiger partial charge in [0.25, 0.3) is 0 Å². The molecule has 0 saturated heterocycles. The first kappa shape index (κ1) is 17.6. The Kier molecular flexibility index (Phi) is 5.30. The molecule has 9 nitrogen and oxygen atoms in total. The second-order valence-electron chi connectivity index (χ2n) is 5.91. The van der Waals surface area contributed by atoms with Crippen molar-refractivity contribution in [1.29, 1.82) is 0 Å². The number of carbonyl (C=O) groups excluding carboxylic acids is 1. The minimum atomic E-state index is -0.317. The van der Waals surface area contributed by atoms with E-state index in [9.17, 15) is 9.18 Å². The second-order valence-corrected chi connectivity index (χ2v) is 5.91. The van der Waals surface area contributed by atoms with Crippen molar-refractivity contribution in [3.8, 4) is 11.4 Å². The number of tetrazole rings is 1. The Balaban J connectivity index is 1.47. The van der Waals surface area contributed by atoms with Gasteiger partial charge in [-0.2, -0.15) is 4.80 Å². The summed E-state index contributed by atoms with van der Waals surface area (Å²) in [6, 6.07) is 5.66. The maximum atomic E-state index is 12.9. The van der Waals surface area contributed by atoms with Crippen LogP contribution in [-0.2, 0) is 18.4 Å². The lowest BCUT2D eigenvalue weighted by Crippen LogP contribution is -2.28. The molecule has 2 aromatic heterocycles. The van der Waals surface area contributed by atoms with Gasteiger partial charge in [0.1, 0.15) is 12.1 Å². The predicted molar refractivity (Wildman–Crippen MR) is 90.0 cm³/mol. The summed E-state index contributed by atoms with van der Waals surface area (Å²) in [4.78, 5) is 13.5. The first-order valence-electron chi connectivity index (χ1n) is 8.20. The zero-order chi connectivity index (χ0) is 18.5. The first-order valence-corrected chi connectivity index (χ1v) is 8.20. The van der Waals surface area contributed by atoms with Crippen LogP contribution in [0.25, 0.3) is 11.4 Å². The van der Waals surface area contributed by atoms with Crippen LogP contribution in [-0.4, -0.2) is 40.9 Å². The van der Waals surface area contributed by atoms with Gasteiger partial charge in [-0.25, -0.2) is 4.39 Å². The van der Waals surface area contributed by atoms with E-state index in [1.807, 2.05) is 14.0 Å². The van der Waals surface area contributed by atoms with Gasteiger partial charge in [0, 0.05) is 19.0 Å². The minimum absolute atomic E-state index is 0.0839. The van der Waals surface area contributed by atoms with Gasteiger partial charge in [-0.15, -0.1) is 20.4 Å². The standard InChI is InChI=1S/C16H19FN8O/c1-11(16-21-18-10-24(16)2)19-14(26)4-3-9-25-22-15(20-23-25)12-5-7-13(17)8-6-12/h5-8,10-11H,3-4,9H2,1-2H3,(H,19,26). The Morgan fingerprint density at radius 2 is 2.04 bits per heavy atom. The van der Waals surface area contributed by atoms with Gasteiger partial charge in [0.2, 0.25) is 11.7 Å². The number of hydrogen-bond donors (Lipinski definition) is 1. The smallest absolute Gasteiger partial charge is 0.220 e. The molecule has 3 aromatic rings. The summed E-state index contributed by atoms with van der Waals surface area (Å²) >= 11 is 0. The fraction of sp³-hybridized carbons (Fsp3) is 0.375. The Labute approximate surface area is 149 Å². The molecule has 2 heterocycles. The predicted octanol–water partition coefficient (Wildman–Crippen LogP) is 1.27. The molecule has 1 amide bonds. The van der Waals surface area contributed by atoms with Gasteiger partial charge in [-0.3, -0.25) is 4.79 Å². The fourth-order valence-corrected chi connectivity index (χ4v) is 2.50. The maximum absolute atomic E-state index is 12.9. The SMILES string of the molecule is CC(NC(=O)CCCn1nnc(-c2ccc(F)cc2)n1)c1nncn1C. The van der Waals surface area contributed by atoms with Gasteiger partial charge in [-0.05, 0) is 42.8 Å². The molecule has 0 aliphatic heterocycles. The number of carbonyl (C=O) groups is 1. The summed E-state index contributed by atoms with van der Waals surface area (Å²) in [6.45, 7) is 2.32. The Morgan fingerprint density at radius 1 is 1.27 bits per heavy atom. The molecule has 0 radical (unpaired) electrons. The fourth-order valence-electron chi connectivity index (χ4n) is 2.50. The largest absolute Gasteiger partial charge is 0.346 e. The third kappa shape index (κ3) is 4.26. The molecule has 1 unspecified atom stereocenters. The van der Waals surface area contributed by atoms with Crippen molar-refractivity contribution in [3.63, 3.8) is 0 Å². The minimum Gasteiger partial charge on any atom is -0.346 e. The van der Waals surface area contributed by atoms with Gasteiger partial charge >= 0.3 is 0 Å². The van der Waals surface area contributed by atoms with Gasteiger partial charge in [-0.1, -0.05) is 0 Å². The lowest BCUT2D eigenvalue weighted by atomic mass is 10.2. The highest BCUT2D eigenvalue weighted by Crippen LogP contribution is 2.14. The number of halogens is 1. The Hall–Kier alpha value is -3.17. The number of aromatic nitrogens is 7. The molecule has 0 saturated carbocycles. The van der Waals surface area contributed by atoms with E-state index in [1.165, 1.54) is 16.9 Å². The normalized spacial score (nSPS) is 12.1. The molecule has 136 valence electrons. The number of rotatable bonds is 7. The van der Waals surface area contributed by atoms with Crippen LogP contribution in [0.5, 0.6) is 0 Å². The monoisotopic (exact) mass is 358 g/mol. The molecule has 1 atom stereocenters. The zero-order valence-electron chi connectivity index (χ0n) is 14.5. The number of nitrogens with one attached hydrogen (secondary N) is 1. The second kappa shape index (κ2) is 7.81. The van der Waals surface area contributed by atoms with Crippen molar-refractivity contribution < 1.29 is 9.18 Å². The molecular weight excluding hydrogens is 339 g/mol. The van der Waals surface area contributed by atoms with Gasteiger partial charge in [0.15, 0.2) is 5.82 Å². The molecule has 1 N–H and O–H groups in total. The number of nitrogens with zero attached hydrogens (tertiary/aromatic N) is 7. The lowest BCUT2D eigenvalue weighted by molar-refractivity contribution is -0.121. The Bertz CT molecular complexity index is 873. The van der Waals surface area contributed by atoms with Crippen molar-refractivity contribution in [3.05, 3.63) is 42.2 Å². The number of hydrogen-bond acceptors (Lipinski definition) is 6. The third-order valence-corrected chi connectivity index (χ3v) is 3.83. The topological polar surface area (TPSA) is 103 Å². The van der Waals surface area contributed by atoms with E-state index in [1.54, 1.807) is 23.0 Å². The quantitative estimate of drug-likeness (QED) is 0.682. The summed E-state index contributed by atoms with van der Waals surface area (Å²) in [7, 11) is 1.83. The molecule has 0 fully saturated rings. The maximum Gasteiger partial charge on any atom is 0.220 e. The van der Waals surface area contributed by atoms with E-state index >= 15 is 0 Å². The van der Waals surface area contributed by atoms with Crippen molar-refractivity contribution in [2.24, 2.45) is 7.05 Å². The first-order chi connectivity index (χ1) is 12.5. The molecule has 0 spiro atoms. The van der Waals surface area contributed by atoms with Gasteiger partial charge < -0.3 is 9.88 Å². The van der Waals surface area contributed by atoms with E-state index < -0.39 is 0 Å². The van der Waals surface area contributed by atoms with Crippen LogP contribution in [0.1, 0.15) is 31.6 Å². The summed E-state index contributed by atoms with van der Waals surface area (Å²) in [5, 5.41) is 22.8. The van der Waals surface area contributed by atoms with Crippen molar-refractivity contribution >= 4 is 5.91 Å². The van der Waals surface area contributed by atoms with E-state index in [4.69, 9.17) is 0 Å². The molecule has 0 bridgehead atoms. The molecular formula is C16H19FN8O. The summed E-state index contributed by atoms with van der Waals surface area (Å²) in [5.41, 5.74) is 0.688. The summed E-state index contributed by atoms with van der Waals surface area (Å²) < 4.78 is 14.7. The van der Waals surface area contributed by atoms with E-state index in [0.29, 0.717) is 36.6 Å². The molecule has 10 heteroatoms. The van der Waals surface area contributed by atoms with Crippen LogP contribution >= 0.6 is 0 Å². The van der Waals surface area contributed by atoms with Gasteiger partial charge in [0.05, 0.1) is 12.6 Å². The van der Waals surface area contributed by atoms with E-state index in [0.717, 1.165) is 0 Å². The number of aryl methyl sites for hydroxylation is 2. The Morgan fingerprint density at radius 3 is 2.73 bits per heavy atom. The number of benzene rings is 1. The van der Waals surface area contributed by atoms with Crippen LogP contribution in [0.2, 0.25) is 0 Å². The van der Waals surface area contributed by atoms with E-state index in [2.05, 4.69) is 30.9 Å². The van der Waals surface area contributed by atoms with Crippen LogP contribution < -0.4 is 5.32 Å². The van der Waals surface area contributed by atoms with Crippen LogP contribution in [0.3, 0.4) is 0 Å². The lowest BCUT2D eigenvalue weighted by Gasteiger charge is -2.12. The molecule has 3 rings (SSSR count). The average molecular weight is 358 g/mol. The summed E-state index contributed by atoms with van der Waals surface area (Å²) in [5.74, 6) is 0.715. The van der Waals surface area contributed by atoms with Crippen LogP contribution in [0, 0.1) is 5.82 Å². The molecule has 26 heavy (non-hydrogen) atoms. The zero-order valence-corrected chi connectivity index (χ0v) is 14.5. The molecule has 1 aromatic carbocycles. The molecule has 0 aliphatic rings.